The van der Waals surface area contributed by atoms with Gasteiger partial charge in [-0.3, -0.25) is 14.4 Å². The van der Waals surface area contributed by atoms with Crippen LogP contribution in [-0.4, -0.2) is 37.2 Å². The van der Waals surface area contributed by atoms with E-state index in [4.69, 9.17) is 14.2 Å². The Hall–Kier alpha value is -2.63. The van der Waals surface area contributed by atoms with E-state index in [-0.39, 0.29) is 31.1 Å². The summed E-state index contributed by atoms with van der Waals surface area (Å²) >= 11 is 0. The molecule has 0 unspecified atom stereocenters. The molecule has 0 aliphatic heterocycles. The number of hydrogen-bond donors (Lipinski definition) is 0. The van der Waals surface area contributed by atoms with Crippen LogP contribution in [0, 0.1) is 0 Å². The van der Waals surface area contributed by atoms with Gasteiger partial charge in [0.2, 0.25) is 0 Å². The third-order valence-corrected chi connectivity index (χ3v) is 12.8. The Morgan fingerprint density at radius 2 is 0.537 bits per heavy atom. The molecule has 0 amide bonds. The molecule has 0 heterocycles. The van der Waals surface area contributed by atoms with Crippen LogP contribution in [0.1, 0.15) is 303 Å². The Kier molecular flexibility index (Phi) is 53.8. The van der Waals surface area contributed by atoms with Crippen molar-refractivity contribution in [1.29, 1.82) is 0 Å². The van der Waals surface area contributed by atoms with E-state index in [9.17, 15) is 14.4 Å². The minimum absolute atomic E-state index is 0.0824. The zero-order valence-electron chi connectivity index (χ0n) is 44.7. The molecule has 0 spiro atoms. The van der Waals surface area contributed by atoms with Crippen LogP contribution in [0.3, 0.4) is 0 Å². The maximum absolute atomic E-state index is 12.8. The first-order valence-electron chi connectivity index (χ1n) is 29.1. The molecule has 0 N–H and O–H groups in total. The van der Waals surface area contributed by atoms with E-state index >= 15 is 0 Å². The lowest BCUT2D eigenvalue weighted by Gasteiger charge is -2.18. The Balaban J connectivity index is 4.34. The predicted molar refractivity (Wildman–Crippen MR) is 289 cm³/mol. The highest BCUT2D eigenvalue weighted by Crippen LogP contribution is 2.16. The summed E-state index contributed by atoms with van der Waals surface area (Å²) in [5.41, 5.74) is 0. The number of rotatable bonds is 53. The molecule has 0 saturated heterocycles. The van der Waals surface area contributed by atoms with Gasteiger partial charge in [0.25, 0.3) is 0 Å². The number of carbonyl (C=O) groups excluding carboxylic acids is 3. The molecule has 0 aliphatic carbocycles. The summed E-state index contributed by atoms with van der Waals surface area (Å²) in [5, 5.41) is 0. The van der Waals surface area contributed by atoms with Gasteiger partial charge in [-0.15, -0.1) is 0 Å². The second-order valence-electron chi connectivity index (χ2n) is 19.6. The molecule has 6 nitrogen and oxygen atoms in total. The van der Waals surface area contributed by atoms with Crippen molar-refractivity contribution in [1.82, 2.24) is 0 Å². The van der Waals surface area contributed by atoms with Crippen molar-refractivity contribution in [3.05, 3.63) is 48.6 Å². The summed E-state index contributed by atoms with van der Waals surface area (Å²) in [4.78, 5) is 38.1. The summed E-state index contributed by atoms with van der Waals surface area (Å²) in [6.45, 7) is 6.60. The van der Waals surface area contributed by atoms with Crippen LogP contribution in [-0.2, 0) is 28.6 Å². The van der Waals surface area contributed by atoms with E-state index in [1.54, 1.807) is 0 Å². The molecule has 0 aromatic carbocycles. The van der Waals surface area contributed by atoms with E-state index in [1.807, 2.05) is 0 Å². The van der Waals surface area contributed by atoms with Crippen LogP contribution in [0.4, 0.5) is 0 Å². The summed E-state index contributed by atoms with van der Waals surface area (Å²) in [7, 11) is 0. The molecule has 0 aliphatic rings. The van der Waals surface area contributed by atoms with Crippen molar-refractivity contribution in [3.63, 3.8) is 0 Å². The predicted octanol–water partition coefficient (Wildman–Crippen LogP) is 19.4. The quantitative estimate of drug-likeness (QED) is 0.0262. The molecule has 390 valence electrons. The van der Waals surface area contributed by atoms with E-state index in [0.29, 0.717) is 19.3 Å². The van der Waals surface area contributed by atoms with Crippen molar-refractivity contribution < 1.29 is 28.6 Å². The molecule has 0 aromatic rings. The molecule has 0 aromatic heterocycles. The fourth-order valence-electron chi connectivity index (χ4n) is 8.39. The van der Waals surface area contributed by atoms with Gasteiger partial charge in [-0.05, 0) is 83.5 Å². The number of carbonyl (C=O) groups is 3. The van der Waals surface area contributed by atoms with Gasteiger partial charge in [-0.25, -0.2) is 0 Å². The third-order valence-electron chi connectivity index (χ3n) is 12.8. The van der Waals surface area contributed by atoms with Crippen molar-refractivity contribution in [2.75, 3.05) is 13.2 Å². The van der Waals surface area contributed by atoms with Crippen LogP contribution in [0.15, 0.2) is 48.6 Å². The lowest BCUT2D eigenvalue weighted by Crippen LogP contribution is -2.30. The average Bonchev–Trinajstić information content (AvgIpc) is 3.33. The van der Waals surface area contributed by atoms with Crippen LogP contribution >= 0.6 is 0 Å². The normalized spacial score (nSPS) is 12.3. The molecular formula is C61H110O6. The number of ether oxygens (including phenoxy) is 3. The molecule has 6 heteroatoms. The van der Waals surface area contributed by atoms with Crippen molar-refractivity contribution in [2.24, 2.45) is 0 Å². The molecule has 0 saturated carbocycles. The lowest BCUT2D eigenvalue weighted by molar-refractivity contribution is -0.167. The fraction of sp³-hybridized carbons (Fsp3) is 0.820. The fourth-order valence-corrected chi connectivity index (χ4v) is 8.39. The first kappa shape index (κ1) is 64.4. The Bertz CT molecular complexity index is 1170. The second kappa shape index (κ2) is 56.0. The molecule has 0 radical (unpaired) electrons. The molecule has 1 atom stereocenters. The van der Waals surface area contributed by atoms with Gasteiger partial charge in [0, 0.05) is 19.3 Å². The van der Waals surface area contributed by atoms with Crippen LogP contribution in [0.2, 0.25) is 0 Å². The first-order chi connectivity index (χ1) is 33.0. The second-order valence-corrected chi connectivity index (χ2v) is 19.6. The highest BCUT2D eigenvalue weighted by Gasteiger charge is 2.19. The zero-order chi connectivity index (χ0) is 48.6. The Morgan fingerprint density at radius 1 is 0.299 bits per heavy atom. The summed E-state index contributed by atoms with van der Waals surface area (Å²) in [6, 6.07) is 0. The SMILES string of the molecule is CCCCC/C=C\C/C=C\C/C=C\CCCCC(=O)OC[C@H](COC(=O)CCCCCCCCCCCCC/C=C\CCCCCCCC)OC(=O)CCCCCCCCCCCCCCC. The van der Waals surface area contributed by atoms with E-state index < -0.39 is 6.10 Å². The highest BCUT2D eigenvalue weighted by atomic mass is 16.6. The van der Waals surface area contributed by atoms with Gasteiger partial charge in [0.15, 0.2) is 6.10 Å². The largest absolute Gasteiger partial charge is 0.462 e. The van der Waals surface area contributed by atoms with Crippen molar-refractivity contribution in [3.8, 4) is 0 Å². The Labute approximate surface area is 416 Å². The standard InChI is InChI=1S/C61H110O6/c1-4-7-10-13-16-19-22-25-27-28-29-30-31-32-34-37-39-42-45-48-51-54-60(63)66-57-58(67-61(64)55-52-49-46-43-40-35-24-21-18-15-12-9-6-3)56-65-59(62)53-50-47-44-41-38-36-33-26-23-20-17-14-11-8-5-2/h17,20,25-27,33,38,41,58H,4-16,18-19,21-24,28-32,34-37,39-40,42-57H2,1-3H3/b20-17-,27-25-,33-26-,41-38-/t58-/m1/s1. The zero-order valence-corrected chi connectivity index (χ0v) is 44.7. The van der Waals surface area contributed by atoms with Gasteiger partial charge >= 0.3 is 17.9 Å². The van der Waals surface area contributed by atoms with Gasteiger partial charge in [-0.1, -0.05) is 249 Å². The van der Waals surface area contributed by atoms with Crippen molar-refractivity contribution in [2.45, 2.75) is 309 Å². The number of esters is 3. The van der Waals surface area contributed by atoms with Gasteiger partial charge in [0.05, 0.1) is 0 Å². The maximum Gasteiger partial charge on any atom is 0.306 e. The number of hydrogen-bond acceptors (Lipinski definition) is 6. The summed E-state index contributed by atoms with van der Waals surface area (Å²) in [5.74, 6) is -0.909. The molecule has 67 heavy (non-hydrogen) atoms. The van der Waals surface area contributed by atoms with Gasteiger partial charge < -0.3 is 14.2 Å². The van der Waals surface area contributed by atoms with Gasteiger partial charge in [-0.2, -0.15) is 0 Å². The number of allylic oxidation sites excluding steroid dienone is 8. The van der Waals surface area contributed by atoms with Crippen LogP contribution in [0.25, 0.3) is 0 Å². The van der Waals surface area contributed by atoms with E-state index in [2.05, 4.69) is 69.4 Å². The molecular weight excluding hydrogens is 829 g/mol. The van der Waals surface area contributed by atoms with Crippen LogP contribution < -0.4 is 0 Å². The minimum Gasteiger partial charge on any atom is -0.462 e. The molecule has 0 fully saturated rings. The third kappa shape index (κ3) is 54.2. The molecule has 0 bridgehead atoms. The maximum atomic E-state index is 12.8. The molecule has 0 rings (SSSR count). The first-order valence-corrected chi connectivity index (χ1v) is 29.1. The van der Waals surface area contributed by atoms with E-state index in [0.717, 1.165) is 70.6 Å². The summed E-state index contributed by atoms with van der Waals surface area (Å²) in [6.07, 6.45) is 68.2. The summed E-state index contributed by atoms with van der Waals surface area (Å²) < 4.78 is 16.8. The lowest BCUT2D eigenvalue weighted by atomic mass is 10.0. The van der Waals surface area contributed by atoms with Crippen LogP contribution in [0.5, 0.6) is 0 Å². The highest BCUT2D eigenvalue weighted by molar-refractivity contribution is 5.71. The Morgan fingerprint density at radius 3 is 0.910 bits per heavy atom. The topological polar surface area (TPSA) is 78.9 Å². The van der Waals surface area contributed by atoms with Gasteiger partial charge in [0.1, 0.15) is 13.2 Å². The van der Waals surface area contributed by atoms with Crippen molar-refractivity contribution >= 4 is 17.9 Å². The monoisotopic (exact) mass is 939 g/mol. The average molecular weight is 940 g/mol. The smallest absolute Gasteiger partial charge is 0.306 e. The minimum atomic E-state index is -0.786. The number of unbranched alkanes of at least 4 members (excludes halogenated alkanes) is 34. The van der Waals surface area contributed by atoms with E-state index in [1.165, 1.54) is 193 Å².